The van der Waals surface area contributed by atoms with Crippen LogP contribution in [-0.2, 0) is 0 Å². The Labute approximate surface area is 123 Å². The third kappa shape index (κ3) is 2.93. The van der Waals surface area contributed by atoms with E-state index in [-0.39, 0.29) is 5.00 Å². The summed E-state index contributed by atoms with van der Waals surface area (Å²) < 4.78 is 1.54. The fourth-order valence-electron chi connectivity index (χ4n) is 1.60. The number of hydrogen-bond acceptors (Lipinski definition) is 6. The number of benzene rings is 1. The molecule has 0 saturated heterocycles. The predicted molar refractivity (Wildman–Crippen MR) is 76.1 cm³/mol. The maximum atomic E-state index is 10.6. The maximum absolute atomic E-state index is 10.6. The summed E-state index contributed by atoms with van der Waals surface area (Å²) in [6.07, 6.45) is 1.51. The van der Waals surface area contributed by atoms with E-state index in [2.05, 4.69) is 27.4 Å². The molecule has 21 heavy (non-hydrogen) atoms. The summed E-state index contributed by atoms with van der Waals surface area (Å²) in [7, 11) is 0. The Morgan fingerprint density at radius 3 is 2.57 bits per heavy atom. The van der Waals surface area contributed by atoms with Crippen molar-refractivity contribution in [2.24, 2.45) is 0 Å². The second kappa shape index (κ2) is 5.52. The largest absolute Gasteiger partial charge is 0.325 e. The number of hydrogen-bond donors (Lipinski definition) is 0. The Morgan fingerprint density at radius 2 is 1.95 bits per heavy atom. The van der Waals surface area contributed by atoms with Gasteiger partial charge in [-0.05, 0) is 40.8 Å². The van der Waals surface area contributed by atoms with Crippen LogP contribution in [0.5, 0.6) is 0 Å². The van der Waals surface area contributed by atoms with Gasteiger partial charge in [0.05, 0.1) is 15.5 Å². The molecule has 2 heterocycles. The highest BCUT2D eigenvalue weighted by atomic mass is 32.1. The van der Waals surface area contributed by atoms with E-state index in [0.29, 0.717) is 4.88 Å². The third-order valence-corrected chi connectivity index (χ3v) is 3.54. The van der Waals surface area contributed by atoms with Gasteiger partial charge in [-0.25, -0.2) is 4.68 Å². The summed E-state index contributed by atoms with van der Waals surface area (Å²) >= 11 is 1.06. The van der Waals surface area contributed by atoms with Gasteiger partial charge in [-0.2, -0.15) is 0 Å². The van der Waals surface area contributed by atoms with Crippen LogP contribution in [0.25, 0.3) is 5.69 Å². The molecule has 8 heteroatoms. The minimum absolute atomic E-state index is 0.0910. The van der Waals surface area contributed by atoms with Crippen molar-refractivity contribution >= 4 is 16.3 Å². The zero-order chi connectivity index (χ0) is 14.7. The smallest absolute Gasteiger partial charge is 0.258 e. The molecule has 7 nitrogen and oxygen atoms in total. The molecule has 0 saturated carbocycles. The lowest BCUT2D eigenvalue weighted by Crippen LogP contribution is -1.94. The van der Waals surface area contributed by atoms with Gasteiger partial charge >= 0.3 is 5.00 Å². The van der Waals surface area contributed by atoms with Gasteiger partial charge in [0.1, 0.15) is 6.33 Å². The number of aromatic nitrogens is 4. The number of nitrogens with zero attached hydrogens (tertiary/aromatic N) is 5. The van der Waals surface area contributed by atoms with Crippen LogP contribution in [-0.4, -0.2) is 25.1 Å². The van der Waals surface area contributed by atoms with Crippen molar-refractivity contribution in [3.8, 4) is 17.5 Å². The fourth-order valence-corrected chi connectivity index (χ4v) is 2.28. The lowest BCUT2D eigenvalue weighted by molar-refractivity contribution is -0.380. The molecule has 0 amide bonds. The van der Waals surface area contributed by atoms with Crippen LogP contribution in [0.15, 0.2) is 42.7 Å². The minimum atomic E-state index is -0.420. The van der Waals surface area contributed by atoms with Gasteiger partial charge in [0.15, 0.2) is 0 Å². The standard InChI is InChI=1S/C13H7N5O2S/c19-18(20)13-8-7-12(21-13)6-3-10-1-4-11(5-2-10)17-9-14-15-16-17/h1-2,4-5,7-9H. The van der Waals surface area contributed by atoms with Crippen molar-refractivity contribution in [2.75, 3.05) is 0 Å². The topological polar surface area (TPSA) is 86.7 Å². The van der Waals surface area contributed by atoms with Gasteiger partial charge in [-0.15, -0.1) is 5.10 Å². The van der Waals surface area contributed by atoms with Crippen molar-refractivity contribution in [1.82, 2.24) is 20.2 Å². The quantitative estimate of drug-likeness (QED) is 0.410. The second-order valence-corrected chi connectivity index (χ2v) is 5.01. The summed E-state index contributed by atoms with van der Waals surface area (Å²) in [5, 5.41) is 21.6. The molecule has 0 unspecified atom stereocenters. The van der Waals surface area contributed by atoms with Crippen LogP contribution < -0.4 is 0 Å². The molecule has 0 N–H and O–H groups in total. The van der Waals surface area contributed by atoms with Crippen LogP contribution in [0.1, 0.15) is 10.4 Å². The Balaban J connectivity index is 1.79. The average molecular weight is 297 g/mol. The van der Waals surface area contributed by atoms with E-state index in [9.17, 15) is 10.1 Å². The van der Waals surface area contributed by atoms with Crippen LogP contribution in [0.2, 0.25) is 0 Å². The molecule has 102 valence electrons. The summed E-state index contributed by atoms with van der Waals surface area (Å²) in [4.78, 5) is 10.8. The van der Waals surface area contributed by atoms with Gasteiger partial charge in [-0.3, -0.25) is 10.1 Å². The zero-order valence-corrected chi connectivity index (χ0v) is 11.3. The van der Waals surface area contributed by atoms with Gasteiger partial charge < -0.3 is 0 Å². The van der Waals surface area contributed by atoms with Gasteiger partial charge in [0, 0.05) is 11.6 Å². The molecule has 0 atom stereocenters. The number of thiophene rings is 1. The minimum Gasteiger partial charge on any atom is -0.258 e. The van der Waals surface area contributed by atoms with Gasteiger partial charge in [0.2, 0.25) is 0 Å². The van der Waals surface area contributed by atoms with E-state index in [1.54, 1.807) is 10.7 Å². The van der Waals surface area contributed by atoms with Gasteiger partial charge in [0.25, 0.3) is 0 Å². The molecule has 0 fully saturated rings. The molecule has 3 rings (SSSR count). The molecule has 0 radical (unpaired) electrons. The Kier molecular flexibility index (Phi) is 3.41. The Morgan fingerprint density at radius 1 is 1.14 bits per heavy atom. The summed E-state index contributed by atoms with van der Waals surface area (Å²) in [6, 6.07) is 10.5. The lowest BCUT2D eigenvalue weighted by Gasteiger charge is -1.97. The van der Waals surface area contributed by atoms with E-state index in [0.717, 1.165) is 22.6 Å². The first-order chi connectivity index (χ1) is 10.2. The monoisotopic (exact) mass is 297 g/mol. The highest BCUT2D eigenvalue weighted by Gasteiger charge is 2.07. The number of tetrazole rings is 1. The molecule has 0 aliphatic heterocycles. The summed E-state index contributed by atoms with van der Waals surface area (Å²) in [5.41, 5.74) is 1.64. The molecular formula is C13H7N5O2S. The number of rotatable bonds is 2. The molecule has 2 aromatic heterocycles. The first-order valence-corrected chi connectivity index (χ1v) is 6.64. The van der Waals surface area contributed by atoms with E-state index in [4.69, 9.17) is 0 Å². The maximum Gasteiger partial charge on any atom is 0.325 e. The van der Waals surface area contributed by atoms with Gasteiger partial charge in [-0.1, -0.05) is 23.2 Å². The SMILES string of the molecule is O=[N+]([O-])c1ccc(C#Cc2ccc(-n3cnnn3)cc2)s1. The Bertz CT molecular complexity index is 828. The number of nitro groups is 1. The lowest BCUT2D eigenvalue weighted by atomic mass is 10.2. The first kappa shape index (κ1) is 13.0. The first-order valence-electron chi connectivity index (χ1n) is 5.82. The van der Waals surface area contributed by atoms with Crippen molar-refractivity contribution in [3.63, 3.8) is 0 Å². The van der Waals surface area contributed by atoms with Crippen LogP contribution in [0.3, 0.4) is 0 Å². The van der Waals surface area contributed by atoms with Crippen LogP contribution >= 0.6 is 11.3 Å². The Hall–Kier alpha value is -3.05. The van der Waals surface area contributed by atoms with E-state index in [1.165, 1.54) is 12.4 Å². The second-order valence-electron chi connectivity index (χ2n) is 3.95. The molecule has 0 aliphatic carbocycles. The highest BCUT2D eigenvalue weighted by molar-refractivity contribution is 7.15. The molecule has 1 aromatic carbocycles. The molecule has 0 aliphatic rings. The molecule has 0 bridgehead atoms. The third-order valence-electron chi connectivity index (χ3n) is 2.58. The summed E-state index contributed by atoms with van der Waals surface area (Å²) in [5.74, 6) is 5.87. The van der Waals surface area contributed by atoms with E-state index >= 15 is 0 Å². The van der Waals surface area contributed by atoms with Crippen molar-refractivity contribution in [1.29, 1.82) is 0 Å². The van der Waals surface area contributed by atoms with Crippen molar-refractivity contribution < 1.29 is 4.92 Å². The fraction of sp³-hybridized carbons (Fsp3) is 0. The normalized spacial score (nSPS) is 9.90. The molecular weight excluding hydrogens is 290 g/mol. The van der Waals surface area contributed by atoms with E-state index in [1.807, 2.05) is 24.3 Å². The van der Waals surface area contributed by atoms with Crippen molar-refractivity contribution in [2.45, 2.75) is 0 Å². The van der Waals surface area contributed by atoms with Crippen LogP contribution in [0.4, 0.5) is 5.00 Å². The predicted octanol–water partition coefficient (Wildman–Crippen LogP) is 2.03. The molecule has 3 aromatic rings. The molecule has 0 spiro atoms. The zero-order valence-electron chi connectivity index (χ0n) is 10.5. The average Bonchev–Trinajstić information content (AvgIpc) is 3.17. The van der Waals surface area contributed by atoms with Crippen molar-refractivity contribution in [3.05, 3.63) is 63.3 Å². The highest BCUT2D eigenvalue weighted by Crippen LogP contribution is 2.23. The van der Waals surface area contributed by atoms with E-state index < -0.39 is 4.92 Å². The van der Waals surface area contributed by atoms with Crippen LogP contribution in [0, 0.1) is 22.0 Å². The summed E-state index contributed by atoms with van der Waals surface area (Å²) in [6.45, 7) is 0.